The molecule has 0 saturated heterocycles. The lowest BCUT2D eigenvalue weighted by atomic mass is 10.0. The van der Waals surface area contributed by atoms with Gasteiger partial charge in [0.15, 0.2) is 11.5 Å². The summed E-state index contributed by atoms with van der Waals surface area (Å²) in [5.41, 5.74) is 4.09. The molecule has 0 aliphatic rings. The highest BCUT2D eigenvalue weighted by Gasteiger charge is 2.12. The lowest BCUT2D eigenvalue weighted by Gasteiger charge is -2.12. The van der Waals surface area contributed by atoms with Gasteiger partial charge < -0.3 is 19.8 Å². The zero-order chi connectivity index (χ0) is 21.7. The van der Waals surface area contributed by atoms with Crippen LogP contribution in [0.15, 0.2) is 41.2 Å². The number of nitrogens with one attached hydrogen (secondary N) is 2. The monoisotopic (exact) mass is 408 g/mol. The molecule has 0 unspecified atom stereocenters. The maximum atomic E-state index is 12.5. The van der Waals surface area contributed by atoms with Crippen molar-refractivity contribution >= 4 is 16.8 Å². The Morgan fingerprint density at radius 1 is 1.00 bits per heavy atom. The molecule has 30 heavy (non-hydrogen) atoms. The van der Waals surface area contributed by atoms with Crippen molar-refractivity contribution in [1.82, 2.24) is 10.3 Å². The van der Waals surface area contributed by atoms with Crippen LogP contribution < -0.4 is 20.3 Å². The highest BCUT2D eigenvalue weighted by molar-refractivity contribution is 5.94. The van der Waals surface area contributed by atoms with Gasteiger partial charge >= 0.3 is 0 Å². The number of hydrogen-bond acceptors (Lipinski definition) is 4. The van der Waals surface area contributed by atoms with E-state index in [-0.39, 0.29) is 11.5 Å². The third-order valence-corrected chi connectivity index (χ3v) is 5.11. The van der Waals surface area contributed by atoms with E-state index in [9.17, 15) is 9.59 Å². The zero-order valence-electron chi connectivity index (χ0n) is 17.9. The summed E-state index contributed by atoms with van der Waals surface area (Å²) in [6, 6.07) is 11.1. The molecule has 3 rings (SSSR count). The van der Waals surface area contributed by atoms with E-state index in [0.717, 1.165) is 22.0 Å². The van der Waals surface area contributed by atoms with Crippen molar-refractivity contribution < 1.29 is 14.3 Å². The Bertz CT molecular complexity index is 1120. The first-order valence-electron chi connectivity index (χ1n) is 10.2. The Hall–Kier alpha value is -3.28. The van der Waals surface area contributed by atoms with Gasteiger partial charge in [0.1, 0.15) is 0 Å². The molecule has 158 valence electrons. The number of H-pyrrole nitrogens is 1. The maximum Gasteiger partial charge on any atom is 0.251 e. The summed E-state index contributed by atoms with van der Waals surface area (Å²) in [7, 11) is 0. The van der Waals surface area contributed by atoms with Crippen LogP contribution in [0.4, 0.5) is 0 Å². The molecule has 0 saturated carbocycles. The van der Waals surface area contributed by atoms with Crippen LogP contribution in [-0.4, -0.2) is 30.6 Å². The van der Waals surface area contributed by atoms with Crippen molar-refractivity contribution in [3.8, 4) is 11.5 Å². The molecule has 0 aliphatic heterocycles. The average Bonchev–Trinajstić information content (AvgIpc) is 2.73. The predicted octanol–water partition coefficient (Wildman–Crippen LogP) is 3.91. The van der Waals surface area contributed by atoms with Crippen LogP contribution in [0, 0.1) is 13.8 Å². The normalized spacial score (nSPS) is 10.8. The largest absolute Gasteiger partial charge is 0.490 e. The van der Waals surface area contributed by atoms with Crippen LogP contribution in [0.2, 0.25) is 0 Å². The van der Waals surface area contributed by atoms with E-state index < -0.39 is 0 Å². The minimum Gasteiger partial charge on any atom is -0.490 e. The summed E-state index contributed by atoms with van der Waals surface area (Å²) in [6.45, 7) is 9.16. The molecular weight excluding hydrogens is 380 g/mol. The van der Waals surface area contributed by atoms with Gasteiger partial charge in [-0.05, 0) is 74.9 Å². The van der Waals surface area contributed by atoms with E-state index >= 15 is 0 Å². The Morgan fingerprint density at radius 3 is 2.47 bits per heavy atom. The van der Waals surface area contributed by atoms with Gasteiger partial charge in [0.25, 0.3) is 11.5 Å². The van der Waals surface area contributed by atoms with Crippen LogP contribution in [0.1, 0.15) is 40.9 Å². The number of carbonyl (C=O) groups is 1. The second kappa shape index (κ2) is 9.48. The van der Waals surface area contributed by atoms with E-state index in [2.05, 4.69) is 10.3 Å². The van der Waals surface area contributed by atoms with Crippen LogP contribution in [0.5, 0.6) is 11.5 Å². The predicted molar refractivity (Wildman–Crippen MR) is 119 cm³/mol. The van der Waals surface area contributed by atoms with E-state index in [4.69, 9.17) is 9.47 Å². The zero-order valence-corrected chi connectivity index (χ0v) is 17.9. The second-order valence-electron chi connectivity index (χ2n) is 7.13. The van der Waals surface area contributed by atoms with Crippen molar-refractivity contribution in [3.05, 3.63) is 69.0 Å². The van der Waals surface area contributed by atoms with Crippen LogP contribution in [-0.2, 0) is 6.42 Å². The van der Waals surface area contributed by atoms with E-state index in [1.54, 1.807) is 18.2 Å². The van der Waals surface area contributed by atoms with Crippen LogP contribution in [0.3, 0.4) is 0 Å². The number of ether oxygens (including phenoxy) is 2. The topological polar surface area (TPSA) is 80.4 Å². The fourth-order valence-corrected chi connectivity index (χ4v) is 3.36. The first-order valence-corrected chi connectivity index (χ1v) is 10.2. The number of amides is 1. The van der Waals surface area contributed by atoms with E-state index in [1.807, 2.05) is 45.9 Å². The fraction of sp³-hybridized carbons (Fsp3) is 0.333. The summed E-state index contributed by atoms with van der Waals surface area (Å²) in [5.74, 6) is 0.940. The Balaban J connectivity index is 1.70. The number of carbonyl (C=O) groups excluding carboxylic acids is 1. The van der Waals surface area contributed by atoms with Gasteiger partial charge in [-0.25, -0.2) is 0 Å². The third-order valence-electron chi connectivity index (χ3n) is 5.11. The molecule has 2 N–H and O–H groups in total. The molecule has 1 amide bonds. The van der Waals surface area contributed by atoms with Gasteiger partial charge in [-0.1, -0.05) is 12.1 Å². The fourth-order valence-electron chi connectivity index (χ4n) is 3.36. The summed E-state index contributed by atoms with van der Waals surface area (Å²) < 4.78 is 11.1. The molecule has 2 aromatic carbocycles. The molecule has 1 heterocycles. The third kappa shape index (κ3) is 4.64. The van der Waals surface area contributed by atoms with Gasteiger partial charge in [0.2, 0.25) is 0 Å². The van der Waals surface area contributed by atoms with Crippen molar-refractivity contribution in [3.63, 3.8) is 0 Å². The van der Waals surface area contributed by atoms with Gasteiger partial charge in [0, 0.05) is 17.7 Å². The lowest BCUT2D eigenvalue weighted by Crippen LogP contribution is -2.27. The molecule has 0 spiro atoms. The van der Waals surface area contributed by atoms with Gasteiger partial charge in [-0.15, -0.1) is 0 Å². The van der Waals surface area contributed by atoms with Crippen molar-refractivity contribution in [1.29, 1.82) is 0 Å². The summed E-state index contributed by atoms with van der Waals surface area (Å²) in [5, 5.41) is 3.87. The van der Waals surface area contributed by atoms with Crippen molar-refractivity contribution in [2.45, 2.75) is 34.1 Å². The molecule has 0 aliphatic carbocycles. The minimum atomic E-state index is -0.220. The second-order valence-corrected chi connectivity index (χ2v) is 7.13. The molecule has 6 nitrogen and oxygen atoms in total. The number of benzene rings is 2. The quantitative estimate of drug-likeness (QED) is 0.592. The molecule has 1 aromatic heterocycles. The van der Waals surface area contributed by atoms with Crippen LogP contribution in [0.25, 0.3) is 10.9 Å². The van der Waals surface area contributed by atoms with E-state index in [0.29, 0.717) is 48.8 Å². The van der Waals surface area contributed by atoms with Gasteiger partial charge in [0.05, 0.1) is 18.7 Å². The standard InChI is InChI=1S/C24H28N2O4/c1-5-29-20-10-9-18(14-21(20)30-6-2)23(27)25-12-11-19-13-17-8-7-15(3)16(4)22(17)26-24(19)28/h7-10,13-14H,5-6,11-12H2,1-4H3,(H,25,27)(H,26,28). The number of hydrogen-bond donors (Lipinski definition) is 2. The molecule has 0 bridgehead atoms. The van der Waals surface area contributed by atoms with Gasteiger partial charge in [-0.3, -0.25) is 9.59 Å². The first kappa shape index (κ1) is 21.4. The molecule has 0 fully saturated rings. The van der Waals surface area contributed by atoms with Crippen molar-refractivity contribution in [2.24, 2.45) is 0 Å². The lowest BCUT2D eigenvalue weighted by molar-refractivity contribution is 0.0953. The smallest absolute Gasteiger partial charge is 0.251 e. The number of rotatable bonds is 8. The average molecular weight is 408 g/mol. The number of pyridine rings is 1. The number of aromatic amines is 1. The molecular formula is C24H28N2O4. The Labute approximate surface area is 176 Å². The van der Waals surface area contributed by atoms with Gasteiger partial charge in [-0.2, -0.15) is 0 Å². The summed E-state index contributed by atoms with van der Waals surface area (Å²) in [6.07, 6.45) is 0.444. The first-order chi connectivity index (χ1) is 14.4. The number of aryl methyl sites for hydroxylation is 2. The summed E-state index contributed by atoms with van der Waals surface area (Å²) >= 11 is 0. The van der Waals surface area contributed by atoms with Crippen molar-refractivity contribution in [2.75, 3.05) is 19.8 Å². The van der Waals surface area contributed by atoms with E-state index in [1.165, 1.54) is 0 Å². The molecule has 6 heteroatoms. The molecule has 3 aromatic rings. The summed E-state index contributed by atoms with van der Waals surface area (Å²) in [4.78, 5) is 28.0. The maximum absolute atomic E-state index is 12.5. The van der Waals surface area contributed by atoms with Crippen LogP contribution >= 0.6 is 0 Å². The minimum absolute atomic E-state index is 0.120. The molecule has 0 radical (unpaired) electrons. The number of aromatic nitrogens is 1. The highest BCUT2D eigenvalue weighted by atomic mass is 16.5. The highest BCUT2D eigenvalue weighted by Crippen LogP contribution is 2.28. The Kier molecular flexibility index (Phi) is 6.77. The Morgan fingerprint density at radius 2 is 1.73 bits per heavy atom. The number of fused-ring (bicyclic) bond motifs is 1. The molecule has 0 atom stereocenters. The SMILES string of the molecule is CCOc1ccc(C(=O)NCCc2cc3ccc(C)c(C)c3[nH]c2=O)cc1OCC.